The summed E-state index contributed by atoms with van der Waals surface area (Å²) in [6.07, 6.45) is 3.23. The summed E-state index contributed by atoms with van der Waals surface area (Å²) in [7, 11) is 0. The first-order valence-corrected chi connectivity index (χ1v) is 12.1. The molecule has 0 aliphatic carbocycles. The van der Waals surface area contributed by atoms with Crippen LogP contribution in [0.25, 0.3) is 22.6 Å². The van der Waals surface area contributed by atoms with Crippen molar-refractivity contribution in [3.8, 4) is 11.4 Å². The number of hydrogen-bond acceptors (Lipinski definition) is 11. The van der Waals surface area contributed by atoms with Gasteiger partial charge in [-0.05, 0) is 13.8 Å². The molecule has 0 radical (unpaired) electrons. The Hall–Kier alpha value is -3.78. The van der Waals surface area contributed by atoms with Crippen LogP contribution in [0, 0.1) is 0 Å². The number of rotatable bonds is 5. The van der Waals surface area contributed by atoms with Crippen molar-refractivity contribution in [1.29, 1.82) is 0 Å². The summed E-state index contributed by atoms with van der Waals surface area (Å²) in [6.45, 7) is 8.65. The summed E-state index contributed by atoms with van der Waals surface area (Å²) in [5.41, 5.74) is 19.5. The van der Waals surface area contributed by atoms with Gasteiger partial charge in [0, 0.05) is 57.7 Å². The van der Waals surface area contributed by atoms with E-state index in [1.807, 2.05) is 11.5 Å². The number of nitrogens with zero attached hydrogens (tertiary/aromatic N) is 9. The number of aromatic nitrogens is 6. The first kappa shape index (κ1) is 23.9. The molecule has 36 heavy (non-hydrogen) atoms. The number of imidazole rings is 1. The van der Waals surface area contributed by atoms with E-state index in [9.17, 15) is 4.79 Å². The van der Waals surface area contributed by atoms with Crippen LogP contribution in [-0.2, 0) is 11.3 Å². The number of hydrogen-bond donors (Lipinski definition) is 3. The van der Waals surface area contributed by atoms with Gasteiger partial charge in [-0.1, -0.05) is 0 Å². The average molecular weight is 497 g/mol. The van der Waals surface area contributed by atoms with Crippen molar-refractivity contribution in [2.24, 2.45) is 11.5 Å². The zero-order valence-electron chi connectivity index (χ0n) is 20.5. The Morgan fingerprint density at radius 3 is 2.50 bits per heavy atom. The summed E-state index contributed by atoms with van der Waals surface area (Å²) < 4.78 is 7.71. The highest BCUT2D eigenvalue weighted by atomic mass is 16.5. The quantitative estimate of drug-likeness (QED) is 0.419. The fourth-order valence-electron chi connectivity index (χ4n) is 4.62. The third kappa shape index (κ3) is 4.56. The number of carbonyl (C=O) groups excluding carboxylic acids is 1. The Morgan fingerprint density at radius 1 is 1.14 bits per heavy atom. The number of carbonyl (C=O) groups is 1. The van der Waals surface area contributed by atoms with Gasteiger partial charge in [0.2, 0.25) is 11.9 Å². The van der Waals surface area contributed by atoms with E-state index < -0.39 is 6.03 Å². The van der Waals surface area contributed by atoms with Gasteiger partial charge in [-0.2, -0.15) is 0 Å². The highest BCUT2D eigenvalue weighted by Crippen LogP contribution is 2.32. The Labute approximate surface area is 208 Å². The number of ether oxygens (including phenoxy) is 1. The van der Waals surface area contributed by atoms with Gasteiger partial charge in [0.05, 0.1) is 24.8 Å². The van der Waals surface area contributed by atoms with E-state index in [4.69, 9.17) is 36.9 Å². The molecule has 5 rings (SSSR count). The molecule has 3 aromatic heterocycles. The molecule has 2 saturated heterocycles. The molecule has 0 saturated carbocycles. The average Bonchev–Trinajstić information content (AvgIpc) is 3.22. The van der Waals surface area contributed by atoms with E-state index in [1.54, 1.807) is 17.3 Å². The van der Waals surface area contributed by atoms with E-state index in [1.165, 1.54) is 0 Å². The number of nitrogen functional groups attached to an aromatic ring is 1. The number of morpholine rings is 1. The second-order valence-electron chi connectivity index (χ2n) is 9.30. The van der Waals surface area contributed by atoms with E-state index in [2.05, 4.69) is 26.7 Å². The molecule has 0 aromatic carbocycles. The van der Waals surface area contributed by atoms with E-state index in [-0.39, 0.29) is 18.0 Å². The van der Waals surface area contributed by atoms with Crippen molar-refractivity contribution in [2.45, 2.75) is 32.5 Å². The standard InChI is InChI=1S/C22H32N12O2/c1-13(23)11-34-19-16(28-22(34)32-5-3-31(4-6-32)21(25)35)18(33-7-8-36-12-14(33)2)29-17(30-19)15-9-26-20(24)27-10-15/h9-10,13-14H,3-8,11-12,23H2,1-2H3,(H2,25,35)(H2,24,26,27)/t13?,14-/m0/s1. The molecule has 0 bridgehead atoms. The lowest BCUT2D eigenvalue weighted by Gasteiger charge is -2.34. The summed E-state index contributed by atoms with van der Waals surface area (Å²) in [4.78, 5) is 40.8. The van der Waals surface area contributed by atoms with Crippen LogP contribution in [0.2, 0.25) is 0 Å². The Kier molecular flexibility index (Phi) is 6.45. The van der Waals surface area contributed by atoms with Crippen LogP contribution < -0.4 is 27.0 Å². The predicted octanol–water partition coefficient (Wildman–Crippen LogP) is -0.361. The second-order valence-corrected chi connectivity index (χ2v) is 9.30. The monoisotopic (exact) mass is 496 g/mol. The fourth-order valence-corrected chi connectivity index (χ4v) is 4.62. The molecule has 14 nitrogen and oxygen atoms in total. The first-order valence-electron chi connectivity index (χ1n) is 12.1. The summed E-state index contributed by atoms with van der Waals surface area (Å²) >= 11 is 0. The molecule has 5 heterocycles. The molecule has 2 aliphatic rings. The molecular formula is C22H32N12O2. The van der Waals surface area contributed by atoms with Gasteiger partial charge in [0.1, 0.15) is 0 Å². The van der Waals surface area contributed by atoms with Gasteiger partial charge in [0.25, 0.3) is 0 Å². The van der Waals surface area contributed by atoms with Crippen LogP contribution >= 0.6 is 0 Å². The SMILES string of the molecule is CC(N)Cn1c(N2CCN(C(N)=O)CC2)nc2c(N3CCOC[C@@H]3C)nc(-c3cnc(N)nc3)nc21. The van der Waals surface area contributed by atoms with Gasteiger partial charge >= 0.3 is 6.03 Å². The normalized spacial score (nSPS) is 19.6. The van der Waals surface area contributed by atoms with Crippen molar-refractivity contribution in [3.63, 3.8) is 0 Å². The highest BCUT2D eigenvalue weighted by molar-refractivity contribution is 5.88. The van der Waals surface area contributed by atoms with Crippen LogP contribution in [0.4, 0.5) is 22.5 Å². The largest absolute Gasteiger partial charge is 0.377 e. The van der Waals surface area contributed by atoms with Gasteiger partial charge < -0.3 is 36.6 Å². The lowest BCUT2D eigenvalue weighted by atomic mass is 10.2. The van der Waals surface area contributed by atoms with Crippen LogP contribution in [0.1, 0.15) is 13.8 Å². The summed E-state index contributed by atoms with van der Waals surface area (Å²) in [6, 6.07) is -0.450. The van der Waals surface area contributed by atoms with Crippen molar-refractivity contribution < 1.29 is 9.53 Å². The Balaban J connectivity index is 1.67. The lowest BCUT2D eigenvalue weighted by Crippen LogP contribution is -2.51. The van der Waals surface area contributed by atoms with E-state index >= 15 is 0 Å². The fraction of sp³-hybridized carbons (Fsp3) is 0.545. The molecule has 0 spiro atoms. The first-order chi connectivity index (χ1) is 17.3. The summed E-state index contributed by atoms with van der Waals surface area (Å²) in [5.74, 6) is 2.13. The number of piperazine rings is 1. The third-order valence-electron chi connectivity index (χ3n) is 6.47. The number of anilines is 3. The summed E-state index contributed by atoms with van der Waals surface area (Å²) in [5, 5.41) is 0. The van der Waals surface area contributed by atoms with Gasteiger partial charge in [0.15, 0.2) is 22.8 Å². The zero-order chi connectivity index (χ0) is 25.4. The molecule has 14 heteroatoms. The molecule has 1 unspecified atom stereocenters. The lowest BCUT2D eigenvalue weighted by molar-refractivity contribution is 0.0987. The smallest absolute Gasteiger partial charge is 0.314 e. The molecule has 2 amide bonds. The molecule has 2 aliphatic heterocycles. The maximum Gasteiger partial charge on any atom is 0.314 e. The van der Waals surface area contributed by atoms with Crippen molar-refractivity contribution in [2.75, 3.05) is 61.5 Å². The third-order valence-corrected chi connectivity index (χ3v) is 6.47. The maximum atomic E-state index is 11.6. The van der Waals surface area contributed by atoms with Crippen LogP contribution in [0.15, 0.2) is 12.4 Å². The maximum absolute atomic E-state index is 11.6. The van der Waals surface area contributed by atoms with Gasteiger partial charge in [-0.3, -0.25) is 4.57 Å². The predicted molar refractivity (Wildman–Crippen MR) is 135 cm³/mol. The van der Waals surface area contributed by atoms with E-state index in [0.717, 1.165) is 11.8 Å². The molecule has 2 atom stereocenters. The number of nitrogens with two attached hydrogens (primary N) is 3. The number of primary amides is 1. The zero-order valence-corrected chi connectivity index (χ0v) is 20.5. The molecule has 3 aromatic rings. The number of amides is 2. The van der Waals surface area contributed by atoms with Crippen LogP contribution in [0.5, 0.6) is 0 Å². The van der Waals surface area contributed by atoms with Crippen LogP contribution in [0.3, 0.4) is 0 Å². The minimum atomic E-state index is -0.413. The number of fused-ring (bicyclic) bond motifs is 1. The highest BCUT2D eigenvalue weighted by Gasteiger charge is 2.30. The molecule has 192 valence electrons. The van der Waals surface area contributed by atoms with Gasteiger partial charge in [-0.15, -0.1) is 0 Å². The second kappa shape index (κ2) is 9.70. The van der Waals surface area contributed by atoms with Crippen molar-refractivity contribution >= 4 is 34.9 Å². The minimum Gasteiger partial charge on any atom is -0.377 e. The Bertz CT molecular complexity index is 1240. The minimum absolute atomic E-state index is 0.105. The van der Waals surface area contributed by atoms with Crippen molar-refractivity contribution in [3.05, 3.63) is 12.4 Å². The van der Waals surface area contributed by atoms with Gasteiger partial charge in [-0.25, -0.2) is 29.7 Å². The number of urea groups is 1. The molecular weight excluding hydrogens is 464 g/mol. The van der Waals surface area contributed by atoms with Crippen molar-refractivity contribution in [1.82, 2.24) is 34.4 Å². The Morgan fingerprint density at radius 2 is 1.86 bits per heavy atom. The topological polar surface area (TPSA) is 183 Å². The van der Waals surface area contributed by atoms with E-state index in [0.29, 0.717) is 75.0 Å². The molecule has 6 N–H and O–H groups in total. The van der Waals surface area contributed by atoms with Crippen LogP contribution in [-0.4, -0.2) is 98.4 Å². The molecule has 2 fully saturated rings.